The van der Waals surface area contributed by atoms with Crippen LogP contribution in [0.2, 0.25) is 0 Å². The van der Waals surface area contributed by atoms with Gasteiger partial charge in [-0.2, -0.15) is 8.75 Å². The molecule has 0 fully saturated rings. The van der Waals surface area contributed by atoms with Gasteiger partial charge in [0.15, 0.2) is 23.0 Å². The fourth-order valence-electron chi connectivity index (χ4n) is 4.91. The Labute approximate surface area is 227 Å². The first-order valence-electron chi connectivity index (χ1n) is 12.1. The normalized spacial score (nSPS) is 18.3. The number of esters is 1. The van der Waals surface area contributed by atoms with Crippen LogP contribution in [-0.4, -0.2) is 54.4 Å². The number of fused-ring (bicyclic) bond motifs is 2. The lowest BCUT2D eigenvalue weighted by atomic mass is 9.87. The van der Waals surface area contributed by atoms with Gasteiger partial charge in [-0.3, -0.25) is 0 Å². The first-order chi connectivity index (χ1) is 18.9. The van der Waals surface area contributed by atoms with Gasteiger partial charge in [-0.15, -0.1) is 0 Å². The fourth-order valence-corrected chi connectivity index (χ4v) is 5.42. The van der Waals surface area contributed by atoms with Gasteiger partial charge in [-0.25, -0.2) is 4.79 Å². The molecular formula is C28H24N2O8S. The predicted molar refractivity (Wildman–Crippen MR) is 142 cm³/mol. The second-order valence-corrected chi connectivity index (χ2v) is 9.45. The summed E-state index contributed by atoms with van der Waals surface area (Å²) in [6.45, 7) is 0.797. The number of carbonyl (C=O) groups excluding carboxylic acids is 1. The average Bonchev–Trinajstić information content (AvgIpc) is 3.53. The Kier molecular flexibility index (Phi) is 6.24. The Morgan fingerprint density at radius 3 is 2.33 bits per heavy atom. The molecule has 0 amide bonds. The highest BCUT2D eigenvalue weighted by molar-refractivity contribution is 7.00. The summed E-state index contributed by atoms with van der Waals surface area (Å²) < 4.78 is 42.2. The number of cyclic esters (lactones) is 1. The molecule has 0 radical (unpaired) electrons. The van der Waals surface area contributed by atoms with Gasteiger partial charge in [0.1, 0.15) is 24.2 Å². The highest BCUT2D eigenvalue weighted by atomic mass is 32.1. The molecule has 39 heavy (non-hydrogen) atoms. The minimum atomic E-state index is -2.09. The molecule has 3 heterocycles. The van der Waals surface area contributed by atoms with Gasteiger partial charge < -0.3 is 33.5 Å². The van der Waals surface area contributed by atoms with Crippen LogP contribution in [0.4, 0.5) is 0 Å². The number of rotatable bonds is 7. The van der Waals surface area contributed by atoms with Crippen molar-refractivity contribution in [2.45, 2.75) is 12.2 Å². The zero-order valence-electron chi connectivity index (χ0n) is 21.3. The molecule has 2 aliphatic heterocycles. The van der Waals surface area contributed by atoms with Crippen LogP contribution in [0.1, 0.15) is 16.7 Å². The Hall–Kier alpha value is -4.35. The van der Waals surface area contributed by atoms with Crippen molar-refractivity contribution in [2.24, 2.45) is 0 Å². The lowest BCUT2D eigenvalue weighted by Gasteiger charge is -2.27. The Balaban J connectivity index is 1.54. The minimum Gasteiger partial charge on any atom is -0.493 e. The third-order valence-corrected chi connectivity index (χ3v) is 7.29. The van der Waals surface area contributed by atoms with Gasteiger partial charge in [0.25, 0.3) is 5.79 Å². The summed E-state index contributed by atoms with van der Waals surface area (Å²) >= 11 is 1.08. The van der Waals surface area contributed by atoms with E-state index in [1.165, 1.54) is 21.3 Å². The van der Waals surface area contributed by atoms with Crippen molar-refractivity contribution in [3.05, 3.63) is 70.8 Å². The van der Waals surface area contributed by atoms with Gasteiger partial charge in [0.2, 0.25) is 5.75 Å². The molecule has 3 aromatic carbocycles. The van der Waals surface area contributed by atoms with E-state index in [0.29, 0.717) is 75.3 Å². The third kappa shape index (κ3) is 4.19. The largest absolute Gasteiger partial charge is 0.493 e. The molecule has 11 heteroatoms. The molecule has 1 aromatic heterocycles. The number of hydrogen-bond acceptors (Lipinski definition) is 11. The monoisotopic (exact) mass is 548 g/mol. The maximum atomic E-state index is 13.5. The van der Waals surface area contributed by atoms with E-state index in [9.17, 15) is 9.90 Å². The van der Waals surface area contributed by atoms with Crippen LogP contribution in [0, 0.1) is 0 Å². The van der Waals surface area contributed by atoms with E-state index in [1.54, 1.807) is 48.5 Å². The van der Waals surface area contributed by atoms with E-state index in [-0.39, 0.29) is 12.0 Å². The van der Waals surface area contributed by atoms with Crippen molar-refractivity contribution in [1.29, 1.82) is 0 Å². The molecule has 0 aliphatic carbocycles. The Morgan fingerprint density at radius 1 is 0.897 bits per heavy atom. The smallest absolute Gasteiger partial charge is 0.342 e. The van der Waals surface area contributed by atoms with Crippen molar-refractivity contribution in [3.8, 4) is 28.7 Å². The molecule has 200 valence electrons. The van der Waals surface area contributed by atoms with Gasteiger partial charge in [-0.05, 0) is 53.6 Å². The van der Waals surface area contributed by atoms with E-state index in [1.807, 2.05) is 0 Å². The van der Waals surface area contributed by atoms with E-state index >= 15 is 0 Å². The molecule has 4 aromatic rings. The molecule has 6 rings (SSSR count). The second kappa shape index (κ2) is 9.75. The molecule has 1 unspecified atom stereocenters. The predicted octanol–water partition coefficient (Wildman–Crippen LogP) is 3.89. The number of ether oxygens (including phenoxy) is 6. The number of aliphatic hydroxyl groups is 1. The number of hydrogen-bond donors (Lipinski definition) is 1. The van der Waals surface area contributed by atoms with Crippen LogP contribution in [0.3, 0.4) is 0 Å². The number of aromatic nitrogens is 2. The highest BCUT2D eigenvalue weighted by Crippen LogP contribution is 2.48. The maximum Gasteiger partial charge on any atom is 0.342 e. The first kappa shape index (κ1) is 25.0. The maximum absolute atomic E-state index is 13.5. The van der Waals surface area contributed by atoms with Gasteiger partial charge in [-0.1, -0.05) is 6.07 Å². The summed E-state index contributed by atoms with van der Waals surface area (Å²) in [6.07, 6.45) is 0.121. The summed E-state index contributed by atoms with van der Waals surface area (Å²) in [6, 6.07) is 13.8. The van der Waals surface area contributed by atoms with Crippen LogP contribution in [0.15, 0.2) is 54.1 Å². The minimum absolute atomic E-state index is 0.121. The van der Waals surface area contributed by atoms with E-state index in [0.717, 1.165) is 11.7 Å². The number of benzene rings is 3. The quantitative estimate of drug-likeness (QED) is 0.341. The summed E-state index contributed by atoms with van der Waals surface area (Å²) in [4.78, 5) is 13.5. The summed E-state index contributed by atoms with van der Waals surface area (Å²) in [5.41, 5.74) is 3.49. The summed E-state index contributed by atoms with van der Waals surface area (Å²) in [7, 11) is 4.57. The molecule has 0 spiro atoms. The molecule has 0 bridgehead atoms. The van der Waals surface area contributed by atoms with Gasteiger partial charge in [0.05, 0.1) is 38.6 Å². The third-order valence-electron chi connectivity index (χ3n) is 6.74. The van der Waals surface area contributed by atoms with E-state index in [4.69, 9.17) is 28.4 Å². The highest BCUT2D eigenvalue weighted by Gasteiger charge is 2.48. The molecular weight excluding hydrogens is 524 g/mol. The summed E-state index contributed by atoms with van der Waals surface area (Å²) in [5, 5.41) is 12.1. The number of carbonyl (C=O) groups is 1. The van der Waals surface area contributed by atoms with Crippen molar-refractivity contribution in [3.63, 3.8) is 0 Å². The Bertz CT molecular complexity index is 1610. The van der Waals surface area contributed by atoms with Gasteiger partial charge in [0, 0.05) is 17.6 Å². The number of methoxy groups -OCH3 is 3. The standard InChI is InChI=1S/C28H24N2O8S/c1-33-23-11-15(12-24(34-2)26(23)35-3)10-18-25(16-4-6-19-20(13-16)30-39-29-19)27(31)38-28(18,32)17-5-7-21-22(14-17)37-9-8-36-21/h4-7,11-14,32H,8-10H2,1-3H3. The molecule has 0 saturated heterocycles. The van der Waals surface area contributed by atoms with Crippen LogP contribution >= 0.6 is 11.7 Å². The van der Waals surface area contributed by atoms with Crippen LogP contribution in [-0.2, 0) is 21.7 Å². The van der Waals surface area contributed by atoms with Crippen molar-refractivity contribution in [1.82, 2.24) is 8.75 Å². The number of nitrogens with zero attached hydrogens (tertiary/aromatic N) is 2. The zero-order chi connectivity index (χ0) is 27.1. The Morgan fingerprint density at radius 2 is 1.62 bits per heavy atom. The molecule has 1 N–H and O–H groups in total. The average molecular weight is 549 g/mol. The second-order valence-electron chi connectivity index (χ2n) is 8.92. The summed E-state index contributed by atoms with van der Waals surface area (Å²) in [5.74, 6) is -0.432. The van der Waals surface area contributed by atoms with Crippen molar-refractivity contribution < 1.29 is 38.3 Å². The molecule has 0 saturated carbocycles. The van der Waals surface area contributed by atoms with E-state index < -0.39 is 11.8 Å². The zero-order valence-corrected chi connectivity index (χ0v) is 22.2. The molecule has 2 aliphatic rings. The fraction of sp³-hybridized carbons (Fsp3) is 0.250. The lowest BCUT2D eigenvalue weighted by molar-refractivity contribution is -0.185. The van der Waals surface area contributed by atoms with Crippen LogP contribution < -0.4 is 23.7 Å². The lowest BCUT2D eigenvalue weighted by Crippen LogP contribution is -2.30. The van der Waals surface area contributed by atoms with Crippen LogP contribution in [0.25, 0.3) is 16.6 Å². The van der Waals surface area contributed by atoms with Crippen molar-refractivity contribution in [2.75, 3.05) is 34.5 Å². The van der Waals surface area contributed by atoms with E-state index in [2.05, 4.69) is 8.75 Å². The molecule has 1 atom stereocenters. The first-order valence-corrected chi connectivity index (χ1v) is 12.8. The van der Waals surface area contributed by atoms with Crippen LogP contribution in [0.5, 0.6) is 28.7 Å². The van der Waals surface area contributed by atoms with Gasteiger partial charge >= 0.3 is 5.97 Å². The SMILES string of the molecule is COc1cc(CC2=C(c3ccc4nsnc4c3)C(=O)OC2(O)c2ccc3c(c2)OCCO3)cc(OC)c1OC. The molecule has 10 nitrogen and oxygen atoms in total. The topological polar surface area (TPSA) is 118 Å². The van der Waals surface area contributed by atoms with Crippen molar-refractivity contribution >= 4 is 34.3 Å².